The zero-order valence-electron chi connectivity index (χ0n) is 10.3. The lowest BCUT2D eigenvalue weighted by Gasteiger charge is -2.11. The number of nitrogens with zero attached hydrogens (tertiary/aromatic N) is 1. The molecule has 1 unspecified atom stereocenters. The van der Waals surface area contributed by atoms with E-state index in [0.717, 1.165) is 13.0 Å². The van der Waals surface area contributed by atoms with E-state index in [2.05, 4.69) is 43.2 Å². The minimum Gasteiger partial charge on any atom is -0.369 e. The fourth-order valence-electron chi connectivity index (χ4n) is 1.69. The fraction of sp³-hybridized carbons (Fsp3) is 0.769. The Balaban J connectivity index is 2.13. The van der Waals surface area contributed by atoms with Crippen molar-refractivity contribution in [3.8, 4) is 0 Å². The standard InChI is InChI=1S/C13H24N2/c1-4-5-6-7-8-9-12-10-14-13(15-12)11(2)3/h7-8,11-12H,4-6,9-10H2,1-3H3,(H,14,15)/b8-7-. The Bertz CT molecular complexity index is 229. The molecule has 2 nitrogen and oxygen atoms in total. The Kier molecular flexibility index (Phi) is 5.44. The second-order valence-corrected chi connectivity index (χ2v) is 4.57. The third-order valence-electron chi connectivity index (χ3n) is 2.69. The predicted octanol–water partition coefficient (Wildman–Crippen LogP) is 3.15. The van der Waals surface area contributed by atoms with Crippen molar-refractivity contribution in [1.29, 1.82) is 0 Å². The van der Waals surface area contributed by atoms with Crippen LogP contribution in [0.3, 0.4) is 0 Å². The molecule has 15 heavy (non-hydrogen) atoms. The number of aliphatic imine (C=N–C) groups is 1. The van der Waals surface area contributed by atoms with E-state index in [1.807, 2.05) is 0 Å². The van der Waals surface area contributed by atoms with Gasteiger partial charge in [-0.2, -0.15) is 0 Å². The van der Waals surface area contributed by atoms with Crippen LogP contribution in [0.1, 0.15) is 46.5 Å². The molecule has 1 aliphatic heterocycles. The van der Waals surface area contributed by atoms with Crippen LogP contribution in [0.4, 0.5) is 0 Å². The number of nitrogens with one attached hydrogen (secondary N) is 1. The number of allylic oxidation sites excluding steroid dienone is 1. The van der Waals surface area contributed by atoms with Crippen LogP contribution < -0.4 is 5.32 Å². The van der Waals surface area contributed by atoms with Gasteiger partial charge in [-0.05, 0) is 12.8 Å². The quantitative estimate of drug-likeness (QED) is 0.526. The molecule has 0 radical (unpaired) electrons. The van der Waals surface area contributed by atoms with Gasteiger partial charge in [-0.25, -0.2) is 0 Å². The summed E-state index contributed by atoms with van der Waals surface area (Å²) in [5, 5.41) is 3.48. The Morgan fingerprint density at radius 1 is 1.47 bits per heavy atom. The van der Waals surface area contributed by atoms with Crippen molar-refractivity contribution in [1.82, 2.24) is 5.32 Å². The number of unbranched alkanes of at least 4 members (excludes halogenated alkanes) is 2. The minimum absolute atomic E-state index is 0.541. The van der Waals surface area contributed by atoms with Crippen LogP contribution in [0.5, 0.6) is 0 Å². The molecule has 0 aromatic heterocycles. The smallest absolute Gasteiger partial charge is 0.0992 e. The van der Waals surface area contributed by atoms with Crippen molar-refractivity contribution in [3.05, 3.63) is 12.2 Å². The van der Waals surface area contributed by atoms with E-state index in [1.54, 1.807) is 0 Å². The average molecular weight is 208 g/mol. The second kappa shape index (κ2) is 6.65. The Hall–Kier alpha value is -0.790. The Morgan fingerprint density at radius 2 is 2.27 bits per heavy atom. The first-order chi connectivity index (χ1) is 7.24. The minimum atomic E-state index is 0.541. The van der Waals surface area contributed by atoms with Gasteiger partial charge in [-0.3, -0.25) is 4.99 Å². The van der Waals surface area contributed by atoms with E-state index < -0.39 is 0 Å². The van der Waals surface area contributed by atoms with E-state index >= 15 is 0 Å². The first-order valence-electron chi connectivity index (χ1n) is 6.20. The van der Waals surface area contributed by atoms with Gasteiger partial charge in [0.05, 0.1) is 18.4 Å². The maximum atomic E-state index is 4.50. The van der Waals surface area contributed by atoms with Crippen LogP contribution in [-0.2, 0) is 0 Å². The first kappa shape index (κ1) is 12.3. The van der Waals surface area contributed by atoms with Crippen molar-refractivity contribution >= 4 is 5.84 Å². The molecule has 1 N–H and O–H groups in total. The topological polar surface area (TPSA) is 24.4 Å². The monoisotopic (exact) mass is 208 g/mol. The third kappa shape index (κ3) is 4.50. The van der Waals surface area contributed by atoms with Gasteiger partial charge in [0.15, 0.2) is 0 Å². The summed E-state index contributed by atoms with van der Waals surface area (Å²) in [6, 6.07) is 0.542. The molecule has 1 atom stereocenters. The molecule has 0 aliphatic carbocycles. The lowest BCUT2D eigenvalue weighted by atomic mass is 10.1. The molecule has 0 saturated heterocycles. The van der Waals surface area contributed by atoms with Crippen LogP contribution in [0.15, 0.2) is 17.1 Å². The van der Waals surface area contributed by atoms with Gasteiger partial charge in [-0.1, -0.05) is 45.8 Å². The number of hydrogen-bond acceptors (Lipinski definition) is 2. The molecule has 86 valence electrons. The van der Waals surface area contributed by atoms with E-state index in [0.29, 0.717) is 12.0 Å². The van der Waals surface area contributed by atoms with Crippen LogP contribution in [0.25, 0.3) is 0 Å². The largest absolute Gasteiger partial charge is 0.369 e. The van der Waals surface area contributed by atoms with Crippen LogP contribution in [-0.4, -0.2) is 18.4 Å². The van der Waals surface area contributed by atoms with E-state index in [4.69, 9.17) is 0 Å². The lowest BCUT2D eigenvalue weighted by Crippen LogP contribution is -2.32. The molecule has 0 bridgehead atoms. The van der Waals surface area contributed by atoms with Crippen molar-refractivity contribution in [2.75, 3.05) is 6.54 Å². The van der Waals surface area contributed by atoms with Gasteiger partial charge < -0.3 is 5.32 Å². The van der Waals surface area contributed by atoms with Crippen LogP contribution >= 0.6 is 0 Å². The normalized spacial score (nSPS) is 21.1. The molecule has 2 heteroatoms. The lowest BCUT2D eigenvalue weighted by molar-refractivity contribution is 0.654. The highest BCUT2D eigenvalue weighted by atomic mass is 15.1. The molecular formula is C13H24N2. The molecule has 0 spiro atoms. The summed E-state index contributed by atoms with van der Waals surface area (Å²) in [7, 11) is 0. The highest BCUT2D eigenvalue weighted by molar-refractivity contribution is 5.85. The number of amidine groups is 1. The SMILES string of the molecule is CCCC/C=C\CC1CN=C(C(C)C)N1. The van der Waals surface area contributed by atoms with Gasteiger partial charge in [0.25, 0.3) is 0 Å². The van der Waals surface area contributed by atoms with Crippen molar-refractivity contribution in [3.63, 3.8) is 0 Å². The molecule has 1 aliphatic rings. The zero-order chi connectivity index (χ0) is 11.1. The summed E-state index contributed by atoms with van der Waals surface area (Å²) < 4.78 is 0. The molecule has 1 heterocycles. The fourth-order valence-corrected chi connectivity index (χ4v) is 1.69. The highest BCUT2D eigenvalue weighted by Crippen LogP contribution is 2.07. The summed E-state index contributed by atoms with van der Waals surface area (Å²) >= 11 is 0. The molecule has 0 saturated carbocycles. The van der Waals surface area contributed by atoms with Crippen molar-refractivity contribution in [2.45, 2.75) is 52.5 Å². The summed E-state index contributed by atoms with van der Waals surface area (Å²) in [5.74, 6) is 1.72. The van der Waals surface area contributed by atoms with Crippen LogP contribution in [0.2, 0.25) is 0 Å². The summed E-state index contributed by atoms with van der Waals surface area (Å²) in [4.78, 5) is 4.50. The number of hydrogen-bond donors (Lipinski definition) is 1. The van der Waals surface area contributed by atoms with Gasteiger partial charge in [-0.15, -0.1) is 0 Å². The maximum Gasteiger partial charge on any atom is 0.0992 e. The summed E-state index contributed by atoms with van der Waals surface area (Å²) in [6.07, 6.45) is 9.53. The first-order valence-corrected chi connectivity index (χ1v) is 6.20. The van der Waals surface area contributed by atoms with Gasteiger partial charge in [0.1, 0.15) is 0 Å². The predicted molar refractivity (Wildman–Crippen MR) is 67.3 cm³/mol. The van der Waals surface area contributed by atoms with Crippen LogP contribution in [0, 0.1) is 5.92 Å². The molecule has 0 fully saturated rings. The van der Waals surface area contributed by atoms with E-state index in [-0.39, 0.29) is 0 Å². The van der Waals surface area contributed by atoms with Crippen molar-refractivity contribution < 1.29 is 0 Å². The third-order valence-corrected chi connectivity index (χ3v) is 2.69. The molecule has 0 aromatic rings. The van der Waals surface area contributed by atoms with E-state index in [1.165, 1.54) is 25.1 Å². The van der Waals surface area contributed by atoms with Gasteiger partial charge in [0.2, 0.25) is 0 Å². The molecular weight excluding hydrogens is 184 g/mol. The second-order valence-electron chi connectivity index (χ2n) is 4.57. The zero-order valence-corrected chi connectivity index (χ0v) is 10.3. The summed E-state index contributed by atoms with van der Waals surface area (Å²) in [5.41, 5.74) is 0. The maximum absolute atomic E-state index is 4.50. The molecule has 1 rings (SSSR count). The molecule has 0 amide bonds. The Morgan fingerprint density at radius 3 is 2.87 bits per heavy atom. The number of rotatable bonds is 6. The summed E-state index contributed by atoms with van der Waals surface area (Å²) in [6.45, 7) is 7.55. The Labute approximate surface area is 93.9 Å². The van der Waals surface area contributed by atoms with E-state index in [9.17, 15) is 0 Å². The average Bonchev–Trinajstić information content (AvgIpc) is 2.66. The molecule has 0 aromatic carbocycles. The van der Waals surface area contributed by atoms with Crippen molar-refractivity contribution in [2.24, 2.45) is 10.9 Å². The van der Waals surface area contributed by atoms with Gasteiger partial charge in [0, 0.05) is 5.92 Å². The highest BCUT2D eigenvalue weighted by Gasteiger charge is 2.17. The van der Waals surface area contributed by atoms with Gasteiger partial charge >= 0.3 is 0 Å².